The number of benzene rings is 1. The van der Waals surface area contributed by atoms with E-state index in [-0.39, 0.29) is 11.9 Å². The normalized spacial score (nSPS) is 13.0. The Hall–Kier alpha value is -1.09. The van der Waals surface area contributed by atoms with Crippen molar-refractivity contribution in [1.29, 1.82) is 0 Å². The van der Waals surface area contributed by atoms with Crippen molar-refractivity contribution in [3.05, 3.63) is 29.1 Å². The van der Waals surface area contributed by atoms with Crippen molar-refractivity contribution in [2.75, 3.05) is 5.73 Å². The van der Waals surface area contributed by atoms with Crippen LogP contribution in [0.4, 0.5) is 10.1 Å². The van der Waals surface area contributed by atoms with Crippen LogP contribution in [-0.4, -0.2) is 0 Å². The second-order valence-corrected chi connectivity index (χ2v) is 2.97. The molecule has 66 valence electrons. The summed E-state index contributed by atoms with van der Waals surface area (Å²) in [5.41, 5.74) is 12.5. The number of hydrogen-bond acceptors (Lipinski definition) is 2. The SMILES string of the molecule is Cc1c(N)ccc(C(C)N)c1F. The van der Waals surface area contributed by atoms with Gasteiger partial charge in [0.2, 0.25) is 0 Å². The molecule has 0 aliphatic carbocycles. The van der Waals surface area contributed by atoms with Gasteiger partial charge < -0.3 is 11.5 Å². The molecule has 1 aromatic rings. The smallest absolute Gasteiger partial charge is 0.132 e. The van der Waals surface area contributed by atoms with Gasteiger partial charge in [-0.25, -0.2) is 4.39 Å². The van der Waals surface area contributed by atoms with E-state index in [1.807, 2.05) is 0 Å². The van der Waals surface area contributed by atoms with Crippen molar-refractivity contribution in [3.63, 3.8) is 0 Å². The first-order chi connectivity index (χ1) is 5.54. The minimum atomic E-state index is -0.288. The van der Waals surface area contributed by atoms with E-state index in [2.05, 4.69) is 0 Å². The van der Waals surface area contributed by atoms with E-state index in [4.69, 9.17) is 11.5 Å². The number of nitrogen functional groups attached to an aromatic ring is 1. The molecular formula is C9H13FN2. The Morgan fingerprint density at radius 2 is 2.00 bits per heavy atom. The monoisotopic (exact) mass is 168 g/mol. The summed E-state index contributed by atoms with van der Waals surface area (Å²) in [6.07, 6.45) is 0. The molecule has 0 radical (unpaired) electrons. The highest BCUT2D eigenvalue weighted by Gasteiger charge is 2.10. The number of hydrogen-bond donors (Lipinski definition) is 2. The van der Waals surface area contributed by atoms with Gasteiger partial charge in [0, 0.05) is 22.9 Å². The van der Waals surface area contributed by atoms with Gasteiger partial charge in [0.25, 0.3) is 0 Å². The van der Waals surface area contributed by atoms with Gasteiger partial charge in [-0.15, -0.1) is 0 Å². The average molecular weight is 168 g/mol. The van der Waals surface area contributed by atoms with E-state index in [0.29, 0.717) is 16.8 Å². The van der Waals surface area contributed by atoms with E-state index in [1.54, 1.807) is 26.0 Å². The minimum Gasteiger partial charge on any atom is -0.398 e. The Kier molecular flexibility index (Phi) is 2.33. The van der Waals surface area contributed by atoms with Crippen molar-refractivity contribution in [1.82, 2.24) is 0 Å². The average Bonchev–Trinajstić information content (AvgIpc) is 2.00. The zero-order valence-corrected chi connectivity index (χ0v) is 7.26. The van der Waals surface area contributed by atoms with E-state index in [1.165, 1.54) is 0 Å². The molecule has 1 rings (SSSR count). The van der Waals surface area contributed by atoms with E-state index >= 15 is 0 Å². The molecule has 1 aromatic carbocycles. The standard InChI is InChI=1S/C9H13FN2/c1-5-8(12)4-3-7(6(2)11)9(5)10/h3-4,6H,11-12H2,1-2H3. The molecule has 0 saturated heterocycles. The van der Waals surface area contributed by atoms with Crippen LogP contribution in [0.2, 0.25) is 0 Å². The summed E-state index contributed by atoms with van der Waals surface area (Å²) >= 11 is 0. The van der Waals surface area contributed by atoms with Crippen LogP contribution >= 0.6 is 0 Å². The van der Waals surface area contributed by atoms with Gasteiger partial charge in [0.15, 0.2) is 0 Å². The first kappa shape index (κ1) is 9.00. The van der Waals surface area contributed by atoms with Crippen LogP contribution in [0.25, 0.3) is 0 Å². The minimum absolute atomic E-state index is 0.287. The zero-order valence-electron chi connectivity index (χ0n) is 7.26. The lowest BCUT2D eigenvalue weighted by Crippen LogP contribution is -2.09. The predicted molar refractivity (Wildman–Crippen MR) is 48.2 cm³/mol. The highest BCUT2D eigenvalue weighted by molar-refractivity contribution is 5.49. The highest BCUT2D eigenvalue weighted by atomic mass is 19.1. The van der Waals surface area contributed by atoms with Gasteiger partial charge in [-0.05, 0) is 19.9 Å². The number of rotatable bonds is 1. The molecule has 1 atom stereocenters. The Balaban J connectivity index is 3.27. The summed E-state index contributed by atoms with van der Waals surface area (Å²) in [4.78, 5) is 0. The molecular weight excluding hydrogens is 155 g/mol. The lowest BCUT2D eigenvalue weighted by atomic mass is 10.0. The molecule has 0 saturated carbocycles. The summed E-state index contributed by atoms with van der Waals surface area (Å²) in [6, 6.07) is 3.02. The van der Waals surface area contributed by atoms with Crippen molar-refractivity contribution in [2.45, 2.75) is 19.9 Å². The van der Waals surface area contributed by atoms with Gasteiger partial charge >= 0.3 is 0 Å². The third-order valence-electron chi connectivity index (χ3n) is 1.95. The molecule has 0 spiro atoms. The van der Waals surface area contributed by atoms with Crippen LogP contribution < -0.4 is 11.5 Å². The lowest BCUT2D eigenvalue weighted by molar-refractivity contribution is 0.586. The first-order valence-corrected chi connectivity index (χ1v) is 3.84. The van der Waals surface area contributed by atoms with E-state index in [9.17, 15) is 4.39 Å². The number of anilines is 1. The van der Waals surface area contributed by atoms with Gasteiger partial charge in [0.05, 0.1) is 0 Å². The molecule has 0 fully saturated rings. The summed E-state index contributed by atoms with van der Waals surface area (Å²) in [5, 5.41) is 0. The Labute approximate surface area is 71.4 Å². The molecule has 0 heterocycles. The second kappa shape index (κ2) is 3.11. The first-order valence-electron chi connectivity index (χ1n) is 3.84. The van der Waals surface area contributed by atoms with Gasteiger partial charge in [0.1, 0.15) is 5.82 Å². The molecule has 0 aliphatic heterocycles. The maximum Gasteiger partial charge on any atom is 0.132 e. The Morgan fingerprint density at radius 3 is 2.50 bits per heavy atom. The van der Waals surface area contributed by atoms with Crippen LogP contribution in [0.15, 0.2) is 12.1 Å². The molecule has 0 aliphatic rings. The lowest BCUT2D eigenvalue weighted by Gasteiger charge is -2.10. The van der Waals surface area contributed by atoms with Crippen LogP contribution in [0, 0.1) is 12.7 Å². The number of halogens is 1. The van der Waals surface area contributed by atoms with Crippen molar-refractivity contribution in [3.8, 4) is 0 Å². The summed E-state index contributed by atoms with van der Waals surface area (Å²) in [6.45, 7) is 3.39. The molecule has 4 N–H and O–H groups in total. The van der Waals surface area contributed by atoms with Crippen molar-refractivity contribution in [2.24, 2.45) is 5.73 Å². The maximum atomic E-state index is 13.4. The highest BCUT2D eigenvalue weighted by Crippen LogP contribution is 2.22. The van der Waals surface area contributed by atoms with Crippen molar-refractivity contribution >= 4 is 5.69 Å². The fourth-order valence-electron chi connectivity index (χ4n) is 1.07. The third-order valence-corrected chi connectivity index (χ3v) is 1.95. The van der Waals surface area contributed by atoms with Crippen LogP contribution in [0.1, 0.15) is 24.1 Å². The maximum absolute atomic E-state index is 13.4. The van der Waals surface area contributed by atoms with E-state index in [0.717, 1.165) is 0 Å². The summed E-state index contributed by atoms with van der Waals surface area (Å²) in [7, 11) is 0. The molecule has 0 aromatic heterocycles. The molecule has 3 heteroatoms. The molecule has 0 bridgehead atoms. The van der Waals surface area contributed by atoms with Crippen LogP contribution in [0.3, 0.4) is 0 Å². The predicted octanol–water partition coefficient (Wildman–Crippen LogP) is 1.74. The Bertz CT molecular complexity index is 295. The zero-order chi connectivity index (χ0) is 9.30. The van der Waals surface area contributed by atoms with Gasteiger partial charge in [-0.2, -0.15) is 0 Å². The molecule has 0 amide bonds. The number of nitrogens with two attached hydrogens (primary N) is 2. The summed E-state index contributed by atoms with van der Waals surface area (Å²) < 4.78 is 13.4. The topological polar surface area (TPSA) is 52.0 Å². The van der Waals surface area contributed by atoms with Gasteiger partial charge in [-0.3, -0.25) is 0 Å². The second-order valence-electron chi connectivity index (χ2n) is 2.97. The molecule has 2 nitrogen and oxygen atoms in total. The quantitative estimate of drug-likeness (QED) is 0.627. The van der Waals surface area contributed by atoms with Crippen LogP contribution in [0.5, 0.6) is 0 Å². The van der Waals surface area contributed by atoms with Crippen LogP contribution in [-0.2, 0) is 0 Å². The summed E-state index contributed by atoms with van der Waals surface area (Å²) in [5.74, 6) is -0.287. The van der Waals surface area contributed by atoms with E-state index < -0.39 is 0 Å². The fraction of sp³-hybridized carbons (Fsp3) is 0.333. The largest absolute Gasteiger partial charge is 0.398 e. The molecule has 1 unspecified atom stereocenters. The molecule has 12 heavy (non-hydrogen) atoms. The van der Waals surface area contributed by atoms with Gasteiger partial charge in [-0.1, -0.05) is 6.07 Å². The third kappa shape index (κ3) is 1.41. The Morgan fingerprint density at radius 1 is 1.42 bits per heavy atom. The van der Waals surface area contributed by atoms with Crippen molar-refractivity contribution < 1.29 is 4.39 Å². The fourth-order valence-corrected chi connectivity index (χ4v) is 1.07.